The molecule has 1 saturated heterocycles. The first kappa shape index (κ1) is 11.4. The molecule has 2 rings (SSSR count). The zero-order valence-corrected chi connectivity index (χ0v) is 9.76. The standard InChI is InChI=1S/C12H15ClN2O/c13-10-3-1-2-9(6-10)7-12(16)15-11-4-5-14-8-11/h1-3,6,11,14H,4-5,7-8H2,(H,15,16)/t11-/m1/s1. The van der Waals surface area contributed by atoms with Gasteiger partial charge in [-0.2, -0.15) is 0 Å². The van der Waals surface area contributed by atoms with Crippen molar-refractivity contribution in [1.82, 2.24) is 10.6 Å². The molecule has 1 atom stereocenters. The van der Waals surface area contributed by atoms with E-state index in [1.54, 1.807) is 0 Å². The first-order valence-corrected chi connectivity index (χ1v) is 5.86. The summed E-state index contributed by atoms with van der Waals surface area (Å²) in [4.78, 5) is 11.7. The fourth-order valence-electron chi connectivity index (χ4n) is 1.89. The molecular formula is C12H15ClN2O. The van der Waals surface area contributed by atoms with Crippen molar-refractivity contribution in [3.8, 4) is 0 Å². The van der Waals surface area contributed by atoms with Crippen LogP contribution in [0.2, 0.25) is 5.02 Å². The molecule has 1 fully saturated rings. The topological polar surface area (TPSA) is 41.1 Å². The van der Waals surface area contributed by atoms with E-state index >= 15 is 0 Å². The predicted octanol–water partition coefficient (Wildman–Crippen LogP) is 1.36. The van der Waals surface area contributed by atoms with E-state index in [-0.39, 0.29) is 11.9 Å². The monoisotopic (exact) mass is 238 g/mol. The van der Waals surface area contributed by atoms with E-state index in [4.69, 9.17) is 11.6 Å². The Hall–Kier alpha value is -1.06. The maximum absolute atomic E-state index is 11.7. The SMILES string of the molecule is O=C(Cc1cccc(Cl)c1)N[C@@H]1CCNC1. The van der Waals surface area contributed by atoms with Gasteiger partial charge in [-0.3, -0.25) is 4.79 Å². The van der Waals surface area contributed by atoms with Crippen molar-refractivity contribution in [2.45, 2.75) is 18.9 Å². The van der Waals surface area contributed by atoms with Gasteiger partial charge in [0.25, 0.3) is 0 Å². The average molecular weight is 239 g/mol. The number of carbonyl (C=O) groups is 1. The molecule has 0 aromatic heterocycles. The van der Waals surface area contributed by atoms with E-state index in [1.807, 2.05) is 24.3 Å². The number of halogens is 1. The molecule has 1 aromatic rings. The summed E-state index contributed by atoms with van der Waals surface area (Å²) in [6, 6.07) is 7.70. The molecule has 3 nitrogen and oxygen atoms in total. The third-order valence-corrected chi connectivity index (χ3v) is 2.91. The van der Waals surface area contributed by atoms with Crippen LogP contribution in [-0.4, -0.2) is 25.0 Å². The Balaban J connectivity index is 1.86. The van der Waals surface area contributed by atoms with Crippen LogP contribution in [0.4, 0.5) is 0 Å². The Morgan fingerprint density at radius 2 is 2.44 bits per heavy atom. The molecule has 4 heteroatoms. The van der Waals surface area contributed by atoms with Gasteiger partial charge in [0, 0.05) is 17.6 Å². The van der Waals surface area contributed by atoms with Crippen LogP contribution in [0, 0.1) is 0 Å². The van der Waals surface area contributed by atoms with Gasteiger partial charge < -0.3 is 10.6 Å². The minimum absolute atomic E-state index is 0.0657. The molecule has 1 aliphatic rings. The number of amides is 1. The van der Waals surface area contributed by atoms with Crippen molar-refractivity contribution < 1.29 is 4.79 Å². The second-order valence-electron chi connectivity index (χ2n) is 4.06. The first-order valence-electron chi connectivity index (χ1n) is 5.48. The van der Waals surface area contributed by atoms with Crippen molar-refractivity contribution in [2.75, 3.05) is 13.1 Å². The van der Waals surface area contributed by atoms with Crippen LogP contribution >= 0.6 is 11.6 Å². The Morgan fingerprint density at radius 1 is 1.56 bits per heavy atom. The summed E-state index contributed by atoms with van der Waals surface area (Å²) in [6.07, 6.45) is 1.42. The smallest absolute Gasteiger partial charge is 0.224 e. The van der Waals surface area contributed by atoms with Gasteiger partial charge in [-0.15, -0.1) is 0 Å². The van der Waals surface area contributed by atoms with E-state index in [1.165, 1.54) is 0 Å². The van der Waals surface area contributed by atoms with E-state index < -0.39 is 0 Å². The number of hydrogen-bond donors (Lipinski definition) is 2. The van der Waals surface area contributed by atoms with Crippen molar-refractivity contribution in [3.05, 3.63) is 34.9 Å². The van der Waals surface area contributed by atoms with Gasteiger partial charge in [0.1, 0.15) is 0 Å². The predicted molar refractivity (Wildman–Crippen MR) is 64.6 cm³/mol. The molecule has 0 bridgehead atoms. The van der Waals surface area contributed by atoms with Crippen LogP contribution in [-0.2, 0) is 11.2 Å². The van der Waals surface area contributed by atoms with Crippen LogP contribution in [0.5, 0.6) is 0 Å². The molecule has 1 amide bonds. The molecule has 1 aromatic carbocycles. The Morgan fingerprint density at radius 3 is 3.12 bits per heavy atom. The van der Waals surface area contributed by atoms with Crippen molar-refractivity contribution in [1.29, 1.82) is 0 Å². The zero-order chi connectivity index (χ0) is 11.4. The fourth-order valence-corrected chi connectivity index (χ4v) is 2.10. The second kappa shape index (κ2) is 5.32. The molecule has 0 radical (unpaired) electrons. The Labute approximate surface area is 100 Å². The lowest BCUT2D eigenvalue weighted by atomic mass is 10.1. The Bertz CT molecular complexity index is 375. The van der Waals surface area contributed by atoms with Crippen LogP contribution in [0.3, 0.4) is 0 Å². The summed E-state index contributed by atoms with van der Waals surface area (Å²) in [5, 5.41) is 6.89. The van der Waals surface area contributed by atoms with Gasteiger partial charge in [0.15, 0.2) is 0 Å². The van der Waals surface area contributed by atoms with Crippen molar-refractivity contribution >= 4 is 17.5 Å². The zero-order valence-electron chi connectivity index (χ0n) is 9.00. The van der Waals surface area contributed by atoms with E-state index in [0.29, 0.717) is 11.4 Å². The Kier molecular flexibility index (Phi) is 3.80. The summed E-state index contributed by atoms with van der Waals surface area (Å²) < 4.78 is 0. The number of hydrogen-bond acceptors (Lipinski definition) is 2. The van der Waals surface area contributed by atoms with Crippen LogP contribution in [0.1, 0.15) is 12.0 Å². The van der Waals surface area contributed by atoms with Crippen molar-refractivity contribution in [2.24, 2.45) is 0 Å². The average Bonchev–Trinajstić information content (AvgIpc) is 2.70. The number of rotatable bonds is 3. The molecule has 0 spiro atoms. The van der Waals surface area contributed by atoms with Crippen LogP contribution in [0.25, 0.3) is 0 Å². The molecule has 1 heterocycles. The highest BCUT2D eigenvalue weighted by molar-refractivity contribution is 6.30. The molecular weight excluding hydrogens is 224 g/mol. The molecule has 86 valence electrons. The van der Waals surface area contributed by atoms with Crippen molar-refractivity contribution in [3.63, 3.8) is 0 Å². The number of nitrogens with one attached hydrogen (secondary N) is 2. The minimum atomic E-state index is 0.0657. The van der Waals surface area contributed by atoms with E-state index in [2.05, 4.69) is 10.6 Å². The van der Waals surface area contributed by atoms with Gasteiger partial charge >= 0.3 is 0 Å². The highest BCUT2D eigenvalue weighted by Crippen LogP contribution is 2.11. The van der Waals surface area contributed by atoms with Gasteiger partial charge in [0.05, 0.1) is 6.42 Å². The molecule has 1 aliphatic heterocycles. The summed E-state index contributed by atoms with van der Waals surface area (Å²) in [6.45, 7) is 1.86. The fraction of sp³-hybridized carbons (Fsp3) is 0.417. The van der Waals surface area contributed by atoms with Gasteiger partial charge in [0.2, 0.25) is 5.91 Å². The van der Waals surface area contributed by atoms with Gasteiger partial charge in [-0.1, -0.05) is 23.7 Å². The molecule has 0 aliphatic carbocycles. The lowest BCUT2D eigenvalue weighted by molar-refractivity contribution is -0.121. The largest absolute Gasteiger partial charge is 0.352 e. The lowest BCUT2D eigenvalue weighted by Crippen LogP contribution is -2.37. The highest BCUT2D eigenvalue weighted by Gasteiger charge is 2.16. The van der Waals surface area contributed by atoms with Crippen LogP contribution in [0.15, 0.2) is 24.3 Å². The van der Waals surface area contributed by atoms with Gasteiger partial charge in [-0.25, -0.2) is 0 Å². The molecule has 16 heavy (non-hydrogen) atoms. The summed E-state index contributed by atoms with van der Waals surface area (Å²) in [5.74, 6) is 0.0657. The summed E-state index contributed by atoms with van der Waals surface area (Å²) in [5.41, 5.74) is 0.955. The lowest BCUT2D eigenvalue weighted by Gasteiger charge is -2.11. The normalized spacial score (nSPS) is 19.7. The minimum Gasteiger partial charge on any atom is -0.352 e. The number of benzene rings is 1. The maximum Gasteiger partial charge on any atom is 0.224 e. The van der Waals surface area contributed by atoms with E-state index in [0.717, 1.165) is 25.1 Å². The summed E-state index contributed by atoms with van der Waals surface area (Å²) >= 11 is 5.86. The first-order chi connectivity index (χ1) is 7.74. The quantitative estimate of drug-likeness (QED) is 0.835. The molecule has 0 unspecified atom stereocenters. The maximum atomic E-state index is 11.7. The van der Waals surface area contributed by atoms with Gasteiger partial charge in [-0.05, 0) is 30.7 Å². The second-order valence-corrected chi connectivity index (χ2v) is 4.50. The third-order valence-electron chi connectivity index (χ3n) is 2.68. The number of carbonyl (C=O) groups excluding carboxylic acids is 1. The summed E-state index contributed by atoms with van der Waals surface area (Å²) in [7, 11) is 0. The third kappa shape index (κ3) is 3.22. The molecule has 0 saturated carbocycles. The van der Waals surface area contributed by atoms with Crippen LogP contribution < -0.4 is 10.6 Å². The highest BCUT2D eigenvalue weighted by atomic mass is 35.5. The van der Waals surface area contributed by atoms with E-state index in [9.17, 15) is 4.79 Å². The molecule has 2 N–H and O–H groups in total.